The van der Waals surface area contributed by atoms with E-state index in [0.29, 0.717) is 12.2 Å². The molecule has 0 radical (unpaired) electrons. The summed E-state index contributed by atoms with van der Waals surface area (Å²) in [5.41, 5.74) is 0. The smallest absolute Gasteiger partial charge is 0.371 e. The lowest BCUT2D eigenvalue weighted by molar-refractivity contribution is 0.0661. The summed E-state index contributed by atoms with van der Waals surface area (Å²) in [7, 11) is -3.85. The maximum atomic E-state index is 12.0. The Morgan fingerprint density at radius 3 is 2.75 bits per heavy atom. The lowest BCUT2D eigenvalue weighted by atomic mass is 10.3. The van der Waals surface area contributed by atoms with Gasteiger partial charge >= 0.3 is 5.97 Å². The lowest BCUT2D eigenvalue weighted by Gasteiger charge is -2.03. The summed E-state index contributed by atoms with van der Waals surface area (Å²) in [6.45, 7) is 0.121. The molecule has 0 bridgehead atoms. The summed E-state index contributed by atoms with van der Waals surface area (Å²) >= 11 is 2.88. The Morgan fingerprint density at radius 2 is 2.20 bits per heavy atom. The molecule has 0 aromatic carbocycles. The van der Waals surface area contributed by atoms with Crippen LogP contribution in [0.4, 0.5) is 0 Å². The van der Waals surface area contributed by atoms with Gasteiger partial charge in [-0.25, -0.2) is 17.9 Å². The molecule has 0 fully saturated rings. The second kappa shape index (κ2) is 5.81. The first-order valence-electron chi connectivity index (χ1n) is 5.45. The topological polar surface area (TPSA) is 110 Å². The highest BCUT2D eigenvalue weighted by Crippen LogP contribution is 2.25. The standard InChI is InChI=1S/C11H10BrNO6S/c12-10-9(6-8(19-10)11(14)15)20(16,17)13-4-3-7-2-1-5-18-7/h1-2,5-6,13H,3-4H2,(H,14,15). The van der Waals surface area contributed by atoms with Crippen molar-refractivity contribution in [3.05, 3.63) is 40.7 Å². The molecule has 2 aromatic heterocycles. The van der Waals surface area contributed by atoms with Crippen molar-refractivity contribution < 1.29 is 27.2 Å². The molecule has 2 rings (SSSR count). The van der Waals surface area contributed by atoms with Crippen LogP contribution in [0.5, 0.6) is 0 Å². The zero-order chi connectivity index (χ0) is 14.8. The molecular weight excluding hydrogens is 354 g/mol. The van der Waals surface area contributed by atoms with E-state index in [1.165, 1.54) is 6.26 Å². The summed E-state index contributed by atoms with van der Waals surface area (Å²) in [5.74, 6) is -1.16. The minimum absolute atomic E-state index is 0.121. The third-order valence-electron chi connectivity index (χ3n) is 2.40. The fraction of sp³-hybridized carbons (Fsp3) is 0.182. The molecule has 2 heterocycles. The molecule has 2 N–H and O–H groups in total. The van der Waals surface area contributed by atoms with E-state index >= 15 is 0 Å². The SMILES string of the molecule is O=C(O)c1cc(S(=O)(=O)NCCc2ccco2)c(Br)o1. The van der Waals surface area contributed by atoms with Gasteiger partial charge in [0.2, 0.25) is 15.8 Å². The minimum atomic E-state index is -3.85. The number of carbonyl (C=O) groups is 1. The fourth-order valence-electron chi connectivity index (χ4n) is 1.48. The molecule has 0 atom stereocenters. The second-order valence-corrected chi connectivity index (χ2v) is 6.24. The normalized spacial score (nSPS) is 11.7. The average Bonchev–Trinajstić information content (AvgIpc) is 2.98. The molecule has 20 heavy (non-hydrogen) atoms. The molecule has 0 saturated carbocycles. The Morgan fingerprint density at radius 1 is 1.45 bits per heavy atom. The van der Waals surface area contributed by atoms with Gasteiger partial charge in [-0.2, -0.15) is 0 Å². The first kappa shape index (κ1) is 14.8. The highest BCUT2D eigenvalue weighted by molar-refractivity contribution is 9.10. The van der Waals surface area contributed by atoms with Crippen molar-refractivity contribution in [3.63, 3.8) is 0 Å². The van der Waals surface area contributed by atoms with Gasteiger partial charge in [0.15, 0.2) is 4.67 Å². The summed E-state index contributed by atoms with van der Waals surface area (Å²) in [6, 6.07) is 4.38. The number of aromatic carboxylic acids is 1. The highest BCUT2D eigenvalue weighted by atomic mass is 79.9. The Hall–Kier alpha value is -1.58. The maximum absolute atomic E-state index is 12.0. The van der Waals surface area contributed by atoms with E-state index < -0.39 is 21.8 Å². The molecule has 0 unspecified atom stereocenters. The Labute approximate surface area is 122 Å². The van der Waals surface area contributed by atoms with E-state index in [1.807, 2.05) is 0 Å². The predicted molar refractivity (Wildman–Crippen MR) is 71.0 cm³/mol. The van der Waals surface area contributed by atoms with Gasteiger partial charge in [0.25, 0.3) is 0 Å². The summed E-state index contributed by atoms with van der Waals surface area (Å²) in [4.78, 5) is 10.5. The van der Waals surface area contributed by atoms with Crippen LogP contribution in [0.15, 0.2) is 42.9 Å². The second-order valence-electron chi connectivity index (χ2n) is 3.78. The number of hydrogen-bond donors (Lipinski definition) is 2. The van der Waals surface area contributed by atoms with Crippen molar-refractivity contribution in [2.45, 2.75) is 11.3 Å². The van der Waals surface area contributed by atoms with E-state index in [4.69, 9.17) is 13.9 Å². The lowest BCUT2D eigenvalue weighted by Crippen LogP contribution is -2.25. The van der Waals surface area contributed by atoms with Gasteiger partial charge in [-0.1, -0.05) is 0 Å². The Balaban J connectivity index is 2.08. The highest BCUT2D eigenvalue weighted by Gasteiger charge is 2.24. The van der Waals surface area contributed by atoms with Crippen LogP contribution in [0, 0.1) is 0 Å². The van der Waals surface area contributed by atoms with Crippen molar-refractivity contribution >= 4 is 31.9 Å². The monoisotopic (exact) mass is 363 g/mol. The molecule has 0 aliphatic rings. The van der Waals surface area contributed by atoms with Crippen LogP contribution in [-0.4, -0.2) is 26.0 Å². The number of carboxylic acids is 1. The number of nitrogens with one attached hydrogen (secondary N) is 1. The van der Waals surface area contributed by atoms with Gasteiger partial charge in [-0.3, -0.25) is 0 Å². The van der Waals surface area contributed by atoms with Crippen LogP contribution < -0.4 is 4.72 Å². The molecule has 0 saturated heterocycles. The molecule has 0 spiro atoms. The van der Waals surface area contributed by atoms with E-state index in [0.717, 1.165) is 6.07 Å². The van der Waals surface area contributed by atoms with Crippen molar-refractivity contribution in [2.75, 3.05) is 6.54 Å². The zero-order valence-electron chi connectivity index (χ0n) is 10.00. The number of carboxylic acid groups (broad SMARTS) is 1. The molecule has 0 aliphatic heterocycles. The fourth-order valence-corrected chi connectivity index (χ4v) is 3.45. The molecule has 0 aliphatic carbocycles. The Bertz CT molecular complexity index is 703. The van der Waals surface area contributed by atoms with E-state index in [2.05, 4.69) is 20.7 Å². The largest absolute Gasteiger partial charge is 0.475 e. The maximum Gasteiger partial charge on any atom is 0.371 e. The van der Waals surface area contributed by atoms with Gasteiger partial charge in [0.05, 0.1) is 6.26 Å². The van der Waals surface area contributed by atoms with Crippen LogP contribution in [0.3, 0.4) is 0 Å². The third kappa shape index (κ3) is 3.30. The number of halogens is 1. The molecule has 108 valence electrons. The van der Waals surface area contributed by atoms with Crippen molar-refractivity contribution in [2.24, 2.45) is 0 Å². The van der Waals surface area contributed by atoms with Crippen molar-refractivity contribution in [1.82, 2.24) is 4.72 Å². The number of rotatable bonds is 6. The average molecular weight is 364 g/mol. The van der Waals surface area contributed by atoms with E-state index in [1.54, 1.807) is 12.1 Å². The predicted octanol–water partition coefficient (Wildman–Crippen LogP) is 1.85. The van der Waals surface area contributed by atoms with Gasteiger partial charge in [-0.05, 0) is 28.1 Å². The van der Waals surface area contributed by atoms with Crippen LogP contribution in [0.2, 0.25) is 0 Å². The summed E-state index contributed by atoms with van der Waals surface area (Å²) < 4.78 is 36.0. The van der Waals surface area contributed by atoms with Crippen LogP contribution >= 0.6 is 15.9 Å². The molecule has 7 nitrogen and oxygen atoms in total. The summed E-state index contributed by atoms with van der Waals surface area (Å²) in [6.07, 6.45) is 1.88. The van der Waals surface area contributed by atoms with E-state index in [9.17, 15) is 13.2 Å². The first-order valence-corrected chi connectivity index (χ1v) is 7.72. The van der Waals surface area contributed by atoms with Gasteiger partial charge in [-0.15, -0.1) is 0 Å². The molecule has 2 aromatic rings. The zero-order valence-corrected chi connectivity index (χ0v) is 12.4. The van der Waals surface area contributed by atoms with Crippen LogP contribution in [0.1, 0.15) is 16.3 Å². The molecular formula is C11H10BrNO6S. The van der Waals surface area contributed by atoms with E-state index in [-0.39, 0.29) is 16.1 Å². The van der Waals surface area contributed by atoms with Crippen molar-refractivity contribution in [1.29, 1.82) is 0 Å². The van der Waals surface area contributed by atoms with Gasteiger partial charge in [0, 0.05) is 19.0 Å². The van der Waals surface area contributed by atoms with Crippen LogP contribution in [0.25, 0.3) is 0 Å². The van der Waals surface area contributed by atoms with Gasteiger partial charge in [0.1, 0.15) is 10.7 Å². The quantitative estimate of drug-likeness (QED) is 0.810. The molecule has 9 heteroatoms. The van der Waals surface area contributed by atoms with Crippen LogP contribution in [-0.2, 0) is 16.4 Å². The minimum Gasteiger partial charge on any atom is -0.475 e. The van der Waals surface area contributed by atoms with Gasteiger partial charge < -0.3 is 13.9 Å². The number of furan rings is 2. The number of sulfonamides is 1. The van der Waals surface area contributed by atoms with Crippen molar-refractivity contribution in [3.8, 4) is 0 Å². The Kier molecular flexibility index (Phi) is 4.31. The summed E-state index contributed by atoms with van der Waals surface area (Å²) in [5, 5.41) is 8.75. The first-order chi connectivity index (χ1) is 9.40. The molecule has 0 amide bonds. The third-order valence-corrected chi connectivity index (χ3v) is 4.72. The number of hydrogen-bond acceptors (Lipinski definition) is 5.